The topological polar surface area (TPSA) is 46.3 Å². The van der Waals surface area contributed by atoms with E-state index in [-0.39, 0.29) is 5.54 Å². The molecule has 0 aromatic rings. The smallest absolute Gasteiger partial charge is 0.224 e. The first-order valence-electron chi connectivity index (χ1n) is 7.64. The summed E-state index contributed by atoms with van der Waals surface area (Å²) in [5, 5.41) is 0. The van der Waals surface area contributed by atoms with E-state index in [0.717, 1.165) is 37.8 Å². The van der Waals surface area contributed by atoms with Crippen LogP contribution in [0.25, 0.3) is 0 Å². The average molecular weight is 252 g/mol. The Morgan fingerprint density at radius 3 is 2.56 bits per heavy atom. The van der Waals surface area contributed by atoms with E-state index in [1.807, 2.05) is 0 Å². The first kappa shape index (κ1) is 13.9. The third-order valence-electron chi connectivity index (χ3n) is 5.15. The van der Waals surface area contributed by atoms with Crippen molar-refractivity contribution in [3.63, 3.8) is 0 Å². The summed E-state index contributed by atoms with van der Waals surface area (Å²) < 4.78 is 0. The zero-order valence-corrected chi connectivity index (χ0v) is 12.0. The van der Waals surface area contributed by atoms with E-state index >= 15 is 0 Å². The molecule has 2 N–H and O–H groups in total. The minimum absolute atomic E-state index is 0.163. The van der Waals surface area contributed by atoms with Crippen LogP contribution in [0.2, 0.25) is 0 Å². The number of hydrogen-bond donors (Lipinski definition) is 1. The van der Waals surface area contributed by atoms with Crippen LogP contribution in [0.4, 0.5) is 0 Å². The highest BCUT2D eigenvalue weighted by Crippen LogP contribution is 2.34. The third kappa shape index (κ3) is 2.87. The molecule has 0 aromatic carbocycles. The molecule has 0 bridgehead atoms. The number of likely N-dealkylation sites (tertiary alicyclic amines) is 1. The average Bonchev–Trinajstić information content (AvgIpc) is 2.78. The number of carbonyl (C=O) groups is 1. The fourth-order valence-corrected chi connectivity index (χ4v) is 3.57. The van der Waals surface area contributed by atoms with Crippen LogP contribution in [-0.2, 0) is 4.79 Å². The van der Waals surface area contributed by atoms with E-state index in [4.69, 9.17) is 5.73 Å². The molecule has 1 aliphatic carbocycles. The fourth-order valence-electron chi connectivity index (χ4n) is 3.57. The van der Waals surface area contributed by atoms with Crippen LogP contribution in [0.15, 0.2) is 0 Å². The van der Waals surface area contributed by atoms with Crippen LogP contribution in [0, 0.1) is 11.8 Å². The molecule has 0 unspecified atom stereocenters. The van der Waals surface area contributed by atoms with Gasteiger partial charge in [-0.3, -0.25) is 4.79 Å². The second-order valence-corrected chi connectivity index (χ2v) is 6.36. The van der Waals surface area contributed by atoms with Gasteiger partial charge in [0.15, 0.2) is 0 Å². The Morgan fingerprint density at radius 1 is 1.39 bits per heavy atom. The van der Waals surface area contributed by atoms with Gasteiger partial charge in [0.25, 0.3) is 0 Å². The first-order valence-corrected chi connectivity index (χ1v) is 7.64. The minimum atomic E-state index is -0.163. The van der Waals surface area contributed by atoms with Crippen molar-refractivity contribution in [2.75, 3.05) is 13.1 Å². The first-order chi connectivity index (χ1) is 8.58. The van der Waals surface area contributed by atoms with E-state index in [1.54, 1.807) is 0 Å². The molecule has 0 radical (unpaired) electrons. The molecule has 0 spiro atoms. The Bertz CT molecular complexity index is 295. The molecular formula is C15H28N2O. The lowest BCUT2D eigenvalue weighted by atomic mass is 9.75. The van der Waals surface area contributed by atoms with Crippen LogP contribution < -0.4 is 5.73 Å². The molecule has 1 atom stereocenters. The van der Waals surface area contributed by atoms with Gasteiger partial charge in [-0.25, -0.2) is 0 Å². The van der Waals surface area contributed by atoms with Gasteiger partial charge < -0.3 is 10.6 Å². The van der Waals surface area contributed by atoms with Crippen molar-refractivity contribution in [3.8, 4) is 0 Å². The zero-order valence-electron chi connectivity index (χ0n) is 12.0. The highest BCUT2D eigenvalue weighted by atomic mass is 16.2. The Labute approximate surface area is 111 Å². The minimum Gasteiger partial charge on any atom is -0.342 e. The van der Waals surface area contributed by atoms with Gasteiger partial charge in [-0.2, -0.15) is 0 Å². The second-order valence-electron chi connectivity index (χ2n) is 6.36. The number of carbonyl (C=O) groups excluding carboxylic acids is 1. The SMILES string of the molecule is CCC(CC)[C@@H]1CCN(C(=O)CC2(N)CCC2)C1. The van der Waals surface area contributed by atoms with E-state index in [1.165, 1.54) is 25.7 Å². The largest absolute Gasteiger partial charge is 0.342 e. The molecule has 1 aliphatic heterocycles. The molecule has 3 nitrogen and oxygen atoms in total. The van der Waals surface area contributed by atoms with Gasteiger partial charge in [0.05, 0.1) is 0 Å². The van der Waals surface area contributed by atoms with E-state index in [0.29, 0.717) is 12.3 Å². The normalized spacial score (nSPS) is 26.4. The van der Waals surface area contributed by atoms with Crippen LogP contribution in [0.5, 0.6) is 0 Å². The maximum atomic E-state index is 12.2. The molecule has 2 rings (SSSR count). The Kier molecular flexibility index (Phi) is 4.31. The summed E-state index contributed by atoms with van der Waals surface area (Å²) in [6.45, 7) is 6.46. The molecule has 3 heteroatoms. The van der Waals surface area contributed by atoms with E-state index in [9.17, 15) is 4.79 Å². The molecule has 1 heterocycles. The lowest BCUT2D eigenvalue weighted by Crippen LogP contribution is -2.50. The monoisotopic (exact) mass is 252 g/mol. The number of amides is 1. The third-order valence-corrected chi connectivity index (χ3v) is 5.15. The molecule has 2 fully saturated rings. The molecule has 1 saturated heterocycles. The Balaban J connectivity index is 1.82. The van der Waals surface area contributed by atoms with Crippen LogP contribution in [0.1, 0.15) is 58.8 Å². The second kappa shape index (κ2) is 5.60. The lowest BCUT2D eigenvalue weighted by Gasteiger charge is -2.38. The van der Waals surface area contributed by atoms with Gasteiger partial charge in [0.2, 0.25) is 5.91 Å². The van der Waals surface area contributed by atoms with E-state index in [2.05, 4.69) is 18.7 Å². The maximum absolute atomic E-state index is 12.2. The van der Waals surface area contributed by atoms with Gasteiger partial charge in [-0.05, 0) is 37.5 Å². The van der Waals surface area contributed by atoms with Crippen LogP contribution in [-0.4, -0.2) is 29.4 Å². The summed E-state index contributed by atoms with van der Waals surface area (Å²) in [5.74, 6) is 1.81. The molecule has 104 valence electrons. The lowest BCUT2D eigenvalue weighted by molar-refractivity contribution is -0.132. The van der Waals surface area contributed by atoms with Crippen molar-refractivity contribution < 1.29 is 4.79 Å². The fraction of sp³-hybridized carbons (Fsp3) is 0.933. The highest BCUT2D eigenvalue weighted by molar-refractivity contribution is 5.77. The van der Waals surface area contributed by atoms with Crippen LogP contribution >= 0.6 is 0 Å². The predicted molar refractivity (Wildman–Crippen MR) is 74.1 cm³/mol. The standard InChI is InChI=1S/C15H28N2O/c1-3-12(4-2)13-6-9-17(11-13)14(18)10-15(16)7-5-8-15/h12-13H,3-11,16H2,1-2H3/t13-/m1/s1. The van der Waals surface area contributed by atoms with Crippen molar-refractivity contribution in [1.29, 1.82) is 0 Å². The molecule has 0 aromatic heterocycles. The number of rotatable bonds is 5. The van der Waals surface area contributed by atoms with Crippen molar-refractivity contribution in [3.05, 3.63) is 0 Å². The Morgan fingerprint density at radius 2 is 2.06 bits per heavy atom. The van der Waals surface area contributed by atoms with E-state index < -0.39 is 0 Å². The number of nitrogens with two attached hydrogens (primary N) is 1. The summed E-state index contributed by atoms with van der Waals surface area (Å²) in [6, 6.07) is 0. The molecule has 1 saturated carbocycles. The quantitative estimate of drug-likeness (QED) is 0.817. The Hall–Kier alpha value is -0.570. The van der Waals surface area contributed by atoms with Crippen LogP contribution in [0.3, 0.4) is 0 Å². The van der Waals surface area contributed by atoms with Gasteiger partial charge in [0, 0.05) is 25.0 Å². The van der Waals surface area contributed by atoms with Crippen molar-refractivity contribution in [1.82, 2.24) is 4.90 Å². The predicted octanol–water partition coefficient (Wildman–Crippen LogP) is 2.54. The zero-order chi connectivity index (χ0) is 13.2. The van der Waals surface area contributed by atoms with Crippen molar-refractivity contribution >= 4 is 5.91 Å². The van der Waals surface area contributed by atoms with Gasteiger partial charge in [0.1, 0.15) is 0 Å². The molecule has 18 heavy (non-hydrogen) atoms. The van der Waals surface area contributed by atoms with Gasteiger partial charge >= 0.3 is 0 Å². The molecular weight excluding hydrogens is 224 g/mol. The van der Waals surface area contributed by atoms with Crippen molar-refractivity contribution in [2.45, 2.75) is 64.3 Å². The molecule has 2 aliphatic rings. The summed E-state index contributed by atoms with van der Waals surface area (Å²) >= 11 is 0. The summed E-state index contributed by atoms with van der Waals surface area (Å²) in [7, 11) is 0. The van der Waals surface area contributed by atoms with Crippen molar-refractivity contribution in [2.24, 2.45) is 17.6 Å². The number of nitrogens with zero attached hydrogens (tertiary/aromatic N) is 1. The summed E-state index contributed by atoms with van der Waals surface area (Å²) in [4.78, 5) is 14.3. The summed E-state index contributed by atoms with van der Waals surface area (Å²) in [5.41, 5.74) is 6.01. The van der Waals surface area contributed by atoms with Gasteiger partial charge in [-0.15, -0.1) is 0 Å². The summed E-state index contributed by atoms with van der Waals surface area (Å²) in [6.07, 6.45) is 7.50. The number of hydrogen-bond acceptors (Lipinski definition) is 2. The maximum Gasteiger partial charge on any atom is 0.224 e. The molecule has 1 amide bonds. The highest BCUT2D eigenvalue weighted by Gasteiger charge is 2.38. The van der Waals surface area contributed by atoms with Gasteiger partial charge in [-0.1, -0.05) is 26.7 Å².